The summed E-state index contributed by atoms with van der Waals surface area (Å²) < 4.78 is 10.4. The molecule has 0 aromatic rings. The largest absolute Gasteiger partial charge is 0.385 e. The molecule has 1 rings (SSSR count). The molecule has 3 nitrogen and oxygen atoms in total. The highest BCUT2D eigenvalue weighted by molar-refractivity contribution is 4.82. The number of hydrogen-bond donors (Lipinski definition) is 1. The van der Waals surface area contributed by atoms with Gasteiger partial charge >= 0.3 is 0 Å². The molecular formula is C13H27NO2. The monoisotopic (exact) mass is 229 g/mol. The molecular weight excluding hydrogens is 202 g/mol. The molecule has 0 atom stereocenters. The Bertz CT molecular complexity index is 167. The van der Waals surface area contributed by atoms with E-state index in [1.807, 2.05) is 0 Å². The Hall–Kier alpha value is -0.120. The van der Waals surface area contributed by atoms with Crippen LogP contribution < -0.4 is 5.32 Å². The van der Waals surface area contributed by atoms with Crippen LogP contribution >= 0.6 is 0 Å². The molecule has 0 radical (unpaired) electrons. The highest BCUT2D eigenvalue weighted by Crippen LogP contribution is 2.36. The van der Waals surface area contributed by atoms with E-state index < -0.39 is 0 Å². The summed E-state index contributed by atoms with van der Waals surface area (Å²) in [6.07, 6.45) is 6.58. The fourth-order valence-corrected chi connectivity index (χ4v) is 2.35. The van der Waals surface area contributed by atoms with Gasteiger partial charge < -0.3 is 14.8 Å². The first-order chi connectivity index (χ1) is 7.77. The Morgan fingerprint density at radius 1 is 1.12 bits per heavy atom. The maximum Gasteiger partial charge on any atom is 0.0590 e. The predicted octanol–water partition coefficient (Wildman–Crippen LogP) is 2.21. The molecule has 1 N–H and O–H groups in total. The third kappa shape index (κ3) is 5.83. The topological polar surface area (TPSA) is 30.5 Å². The fraction of sp³-hybridized carbons (Fsp3) is 1.00. The Morgan fingerprint density at radius 2 is 1.88 bits per heavy atom. The summed E-state index contributed by atoms with van der Waals surface area (Å²) in [5, 5.41) is 3.50. The van der Waals surface area contributed by atoms with Gasteiger partial charge in [-0.15, -0.1) is 0 Å². The van der Waals surface area contributed by atoms with E-state index in [0.717, 1.165) is 39.3 Å². The highest BCUT2D eigenvalue weighted by Gasteiger charge is 2.27. The van der Waals surface area contributed by atoms with Crippen molar-refractivity contribution in [2.75, 3.05) is 40.0 Å². The zero-order valence-corrected chi connectivity index (χ0v) is 10.9. The first-order valence-corrected chi connectivity index (χ1v) is 6.54. The van der Waals surface area contributed by atoms with Gasteiger partial charge in [0, 0.05) is 33.4 Å². The normalized spacial score (nSPS) is 19.1. The summed E-state index contributed by atoms with van der Waals surface area (Å²) in [7, 11) is 1.73. The Labute approximate surface area is 99.9 Å². The molecule has 0 aliphatic heterocycles. The first kappa shape index (κ1) is 13.9. The summed E-state index contributed by atoms with van der Waals surface area (Å²) in [5.74, 6) is 0. The van der Waals surface area contributed by atoms with Crippen LogP contribution in [0.25, 0.3) is 0 Å². The Morgan fingerprint density at radius 3 is 2.56 bits per heavy atom. The molecule has 0 amide bonds. The van der Waals surface area contributed by atoms with Gasteiger partial charge in [0.2, 0.25) is 0 Å². The lowest BCUT2D eigenvalue weighted by Gasteiger charge is -2.23. The molecule has 16 heavy (non-hydrogen) atoms. The molecule has 3 heteroatoms. The van der Waals surface area contributed by atoms with E-state index in [9.17, 15) is 0 Å². The standard InChI is InChI=1S/C13H27NO2/c1-13(6-3-4-7-13)12-14-8-11-16-10-5-9-15-2/h14H,3-12H2,1-2H3. The molecule has 0 bridgehead atoms. The van der Waals surface area contributed by atoms with Crippen molar-refractivity contribution in [1.82, 2.24) is 5.32 Å². The van der Waals surface area contributed by atoms with E-state index in [2.05, 4.69) is 12.2 Å². The molecule has 1 aliphatic rings. The van der Waals surface area contributed by atoms with Crippen molar-refractivity contribution < 1.29 is 9.47 Å². The number of methoxy groups -OCH3 is 1. The summed E-state index contributed by atoms with van der Waals surface area (Å²) in [6, 6.07) is 0. The van der Waals surface area contributed by atoms with Crippen LogP contribution in [-0.2, 0) is 9.47 Å². The van der Waals surface area contributed by atoms with Crippen LogP contribution in [-0.4, -0.2) is 40.0 Å². The number of ether oxygens (including phenoxy) is 2. The minimum absolute atomic E-state index is 0.552. The number of nitrogens with one attached hydrogen (secondary N) is 1. The Kier molecular flexibility index (Phi) is 7.01. The molecule has 0 aromatic heterocycles. The summed E-state index contributed by atoms with van der Waals surface area (Å²) in [6.45, 7) is 6.95. The summed E-state index contributed by atoms with van der Waals surface area (Å²) in [5.41, 5.74) is 0.552. The Balaban J connectivity index is 1.84. The van der Waals surface area contributed by atoms with Crippen LogP contribution in [0.2, 0.25) is 0 Å². The molecule has 1 aliphatic carbocycles. The van der Waals surface area contributed by atoms with Gasteiger partial charge in [0.25, 0.3) is 0 Å². The van der Waals surface area contributed by atoms with Crippen molar-refractivity contribution in [3.63, 3.8) is 0 Å². The summed E-state index contributed by atoms with van der Waals surface area (Å²) >= 11 is 0. The second-order valence-corrected chi connectivity index (χ2v) is 5.15. The van der Waals surface area contributed by atoms with Crippen molar-refractivity contribution >= 4 is 0 Å². The van der Waals surface area contributed by atoms with Crippen LogP contribution in [0.4, 0.5) is 0 Å². The summed E-state index contributed by atoms with van der Waals surface area (Å²) in [4.78, 5) is 0. The van der Waals surface area contributed by atoms with Crippen LogP contribution in [0.5, 0.6) is 0 Å². The van der Waals surface area contributed by atoms with E-state index in [1.54, 1.807) is 7.11 Å². The van der Waals surface area contributed by atoms with E-state index in [0.29, 0.717) is 5.41 Å². The lowest BCUT2D eigenvalue weighted by molar-refractivity contribution is 0.103. The van der Waals surface area contributed by atoms with E-state index in [-0.39, 0.29) is 0 Å². The smallest absolute Gasteiger partial charge is 0.0590 e. The molecule has 0 saturated heterocycles. The quantitative estimate of drug-likeness (QED) is 0.615. The van der Waals surface area contributed by atoms with Crippen molar-refractivity contribution in [1.29, 1.82) is 0 Å². The predicted molar refractivity (Wildman–Crippen MR) is 66.8 cm³/mol. The fourth-order valence-electron chi connectivity index (χ4n) is 2.35. The zero-order chi connectivity index (χ0) is 11.7. The second kappa shape index (κ2) is 8.04. The van der Waals surface area contributed by atoms with Gasteiger partial charge in [0.15, 0.2) is 0 Å². The number of rotatable bonds is 9. The van der Waals surface area contributed by atoms with E-state index in [4.69, 9.17) is 9.47 Å². The average Bonchev–Trinajstić information content (AvgIpc) is 2.70. The average molecular weight is 229 g/mol. The van der Waals surface area contributed by atoms with Gasteiger partial charge in [-0.05, 0) is 24.7 Å². The minimum atomic E-state index is 0.552. The van der Waals surface area contributed by atoms with E-state index >= 15 is 0 Å². The van der Waals surface area contributed by atoms with Crippen LogP contribution in [0, 0.1) is 5.41 Å². The molecule has 1 saturated carbocycles. The van der Waals surface area contributed by atoms with Crippen molar-refractivity contribution in [3.8, 4) is 0 Å². The van der Waals surface area contributed by atoms with Crippen LogP contribution in [0.3, 0.4) is 0 Å². The van der Waals surface area contributed by atoms with Gasteiger partial charge in [-0.2, -0.15) is 0 Å². The third-order valence-electron chi connectivity index (χ3n) is 3.42. The molecule has 0 spiro atoms. The second-order valence-electron chi connectivity index (χ2n) is 5.15. The molecule has 1 fully saturated rings. The van der Waals surface area contributed by atoms with Crippen molar-refractivity contribution in [2.45, 2.75) is 39.0 Å². The highest BCUT2D eigenvalue weighted by atomic mass is 16.5. The first-order valence-electron chi connectivity index (χ1n) is 6.54. The molecule has 0 aromatic carbocycles. The minimum Gasteiger partial charge on any atom is -0.385 e. The maximum absolute atomic E-state index is 5.49. The van der Waals surface area contributed by atoms with Crippen molar-refractivity contribution in [2.24, 2.45) is 5.41 Å². The lowest BCUT2D eigenvalue weighted by atomic mass is 9.89. The molecule has 0 unspecified atom stereocenters. The van der Waals surface area contributed by atoms with Gasteiger partial charge in [0.1, 0.15) is 0 Å². The molecule has 96 valence electrons. The SMILES string of the molecule is COCCCOCCNCC1(C)CCCC1. The number of hydrogen-bond acceptors (Lipinski definition) is 3. The van der Waals surface area contributed by atoms with Crippen LogP contribution in [0.1, 0.15) is 39.0 Å². The van der Waals surface area contributed by atoms with Crippen molar-refractivity contribution in [3.05, 3.63) is 0 Å². The lowest BCUT2D eigenvalue weighted by Crippen LogP contribution is -2.31. The van der Waals surface area contributed by atoms with Gasteiger partial charge in [-0.1, -0.05) is 19.8 Å². The van der Waals surface area contributed by atoms with E-state index in [1.165, 1.54) is 25.7 Å². The van der Waals surface area contributed by atoms with Gasteiger partial charge in [-0.3, -0.25) is 0 Å². The maximum atomic E-state index is 5.49. The third-order valence-corrected chi connectivity index (χ3v) is 3.42. The van der Waals surface area contributed by atoms with Gasteiger partial charge in [0.05, 0.1) is 6.61 Å². The zero-order valence-electron chi connectivity index (χ0n) is 10.9. The van der Waals surface area contributed by atoms with Gasteiger partial charge in [-0.25, -0.2) is 0 Å². The molecule has 0 heterocycles. The van der Waals surface area contributed by atoms with Crippen LogP contribution in [0.15, 0.2) is 0 Å².